The molecule has 6 nitrogen and oxygen atoms in total. The minimum Gasteiger partial charge on any atom is -0.478 e. The fraction of sp³-hybridized carbons (Fsp3) is 0.176. The Hall–Kier alpha value is -2.67. The van der Waals surface area contributed by atoms with Gasteiger partial charge in [0.25, 0.3) is 0 Å². The van der Waals surface area contributed by atoms with Gasteiger partial charge in [0.15, 0.2) is 0 Å². The van der Waals surface area contributed by atoms with Gasteiger partial charge in [-0.15, -0.1) is 0 Å². The Balaban J connectivity index is 2.09. The van der Waals surface area contributed by atoms with Crippen LogP contribution in [0.5, 0.6) is 0 Å². The van der Waals surface area contributed by atoms with E-state index < -0.39 is 16.6 Å². The van der Waals surface area contributed by atoms with E-state index in [-0.39, 0.29) is 16.4 Å². The molecule has 0 radical (unpaired) electrons. The molecule has 0 atom stereocenters. The van der Waals surface area contributed by atoms with Crippen LogP contribution >= 0.6 is 11.8 Å². The molecular weight excluding hydrogens is 328 g/mol. The van der Waals surface area contributed by atoms with E-state index in [9.17, 15) is 14.4 Å². The molecule has 0 saturated carbocycles. The van der Waals surface area contributed by atoms with Crippen molar-refractivity contribution < 1.29 is 19.5 Å². The second-order valence-electron chi connectivity index (χ2n) is 5.49. The second kappa shape index (κ2) is 7.27. The van der Waals surface area contributed by atoms with E-state index in [1.807, 2.05) is 6.07 Å². The number of aromatic nitrogens is 1. The number of nitrogens with one attached hydrogen (secondary N) is 1. The molecule has 1 heterocycles. The molecule has 0 fully saturated rings. The highest BCUT2D eigenvalue weighted by atomic mass is 32.2. The largest absolute Gasteiger partial charge is 0.478 e. The van der Waals surface area contributed by atoms with Crippen LogP contribution in [0.25, 0.3) is 0 Å². The van der Waals surface area contributed by atoms with Crippen molar-refractivity contribution in [3.05, 3.63) is 59.9 Å². The zero-order chi connectivity index (χ0) is 17.7. The van der Waals surface area contributed by atoms with Crippen LogP contribution in [0, 0.1) is 0 Å². The molecule has 0 spiro atoms. The highest BCUT2D eigenvalue weighted by Gasteiger charge is 2.32. The van der Waals surface area contributed by atoms with Gasteiger partial charge in [-0.3, -0.25) is 14.6 Å². The lowest BCUT2D eigenvalue weighted by Gasteiger charge is -2.22. The number of hydrogen-bond donors (Lipinski definition) is 2. The second-order valence-corrected chi connectivity index (χ2v) is 7.08. The molecule has 124 valence electrons. The molecule has 2 N–H and O–H groups in total. The maximum atomic E-state index is 12.4. The Labute approximate surface area is 143 Å². The molecule has 0 unspecified atom stereocenters. The third-order valence-corrected chi connectivity index (χ3v) is 4.26. The van der Waals surface area contributed by atoms with Gasteiger partial charge >= 0.3 is 5.97 Å². The summed E-state index contributed by atoms with van der Waals surface area (Å²) < 4.78 is -1.04. The van der Waals surface area contributed by atoms with Crippen molar-refractivity contribution in [3.8, 4) is 0 Å². The molecule has 0 aliphatic heterocycles. The lowest BCUT2D eigenvalue weighted by Crippen LogP contribution is -2.35. The topological polar surface area (TPSA) is 96.4 Å². The van der Waals surface area contributed by atoms with Gasteiger partial charge in [-0.05, 0) is 19.9 Å². The van der Waals surface area contributed by atoms with Crippen LogP contribution < -0.4 is 5.32 Å². The summed E-state index contributed by atoms with van der Waals surface area (Å²) in [6, 6.07) is 10.00. The van der Waals surface area contributed by atoms with E-state index in [1.54, 1.807) is 38.1 Å². The SMILES string of the molecule is CC(C)(SC(=O)c1ccccc1)C(=O)Nc1cncc(C(=O)O)c1. The number of anilines is 1. The maximum absolute atomic E-state index is 12.4. The number of carbonyl (C=O) groups excluding carboxylic acids is 2. The first-order valence-electron chi connectivity index (χ1n) is 7.08. The number of benzene rings is 1. The average molecular weight is 344 g/mol. The van der Waals surface area contributed by atoms with E-state index in [4.69, 9.17) is 5.11 Å². The van der Waals surface area contributed by atoms with Crippen LogP contribution in [0.15, 0.2) is 48.8 Å². The Morgan fingerprint density at radius 3 is 2.38 bits per heavy atom. The Kier molecular flexibility index (Phi) is 5.35. The molecule has 24 heavy (non-hydrogen) atoms. The van der Waals surface area contributed by atoms with E-state index in [1.165, 1.54) is 18.5 Å². The van der Waals surface area contributed by atoms with E-state index >= 15 is 0 Å². The summed E-state index contributed by atoms with van der Waals surface area (Å²) >= 11 is 0.905. The zero-order valence-electron chi connectivity index (χ0n) is 13.1. The highest BCUT2D eigenvalue weighted by molar-refractivity contribution is 8.15. The molecule has 2 rings (SSSR count). The van der Waals surface area contributed by atoms with Crippen LogP contribution in [0.2, 0.25) is 0 Å². The number of thioether (sulfide) groups is 1. The van der Waals surface area contributed by atoms with Crippen LogP contribution in [-0.2, 0) is 4.79 Å². The van der Waals surface area contributed by atoms with Gasteiger partial charge in [-0.25, -0.2) is 4.79 Å². The summed E-state index contributed by atoms with van der Waals surface area (Å²) in [4.78, 5) is 39.4. The molecule has 1 aromatic carbocycles. The van der Waals surface area contributed by atoms with Crippen molar-refractivity contribution in [1.29, 1.82) is 0 Å². The number of aromatic carboxylic acids is 1. The predicted molar refractivity (Wildman–Crippen MR) is 92.3 cm³/mol. The number of carboxylic acids is 1. The van der Waals surface area contributed by atoms with Crippen molar-refractivity contribution in [2.75, 3.05) is 5.32 Å². The van der Waals surface area contributed by atoms with Gasteiger partial charge in [-0.1, -0.05) is 42.1 Å². The van der Waals surface area contributed by atoms with Crippen LogP contribution in [0.4, 0.5) is 5.69 Å². The van der Waals surface area contributed by atoms with Crippen molar-refractivity contribution in [3.63, 3.8) is 0 Å². The average Bonchev–Trinajstić information content (AvgIpc) is 2.55. The number of carboxylic acid groups (broad SMARTS) is 1. The van der Waals surface area contributed by atoms with Crippen molar-refractivity contribution in [2.24, 2.45) is 0 Å². The van der Waals surface area contributed by atoms with Gasteiger partial charge in [0.1, 0.15) is 0 Å². The highest BCUT2D eigenvalue weighted by Crippen LogP contribution is 2.29. The minimum atomic E-state index is -1.13. The van der Waals surface area contributed by atoms with Crippen LogP contribution in [0.1, 0.15) is 34.6 Å². The number of nitrogens with zero attached hydrogens (tertiary/aromatic N) is 1. The summed E-state index contributed by atoms with van der Waals surface area (Å²) in [6.07, 6.45) is 2.54. The molecule has 2 aromatic rings. The smallest absolute Gasteiger partial charge is 0.337 e. The molecule has 0 bridgehead atoms. The number of hydrogen-bond acceptors (Lipinski definition) is 5. The third kappa shape index (κ3) is 4.42. The summed E-state index contributed by atoms with van der Waals surface area (Å²) in [5.41, 5.74) is 0.747. The summed E-state index contributed by atoms with van der Waals surface area (Å²) in [6.45, 7) is 3.25. The fourth-order valence-electron chi connectivity index (χ4n) is 1.82. The molecule has 0 aliphatic rings. The van der Waals surface area contributed by atoms with Crippen molar-refractivity contribution >= 4 is 34.4 Å². The Morgan fingerprint density at radius 1 is 1.08 bits per heavy atom. The first kappa shape index (κ1) is 17.7. The van der Waals surface area contributed by atoms with Gasteiger partial charge in [-0.2, -0.15) is 0 Å². The predicted octanol–water partition coefficient (Wildman–Crippen LogP) is 3.07. The van der Waals surface area contributed by atoms with E-state index in [0.717, 1.165) is 11.8 Å². The van der Waals surface area contributed by atoms with Crippen LogP contribution in [-0.4, -0.2) is 31.8 Å². The lowest BCUT2D eigenvalue weighted by molar-refractivity contribution is -0.117. The molecule has 1 amide bonds. The lowest BCUT2D eigenvalue weighted by atomic mass is 10.2. The summed E-state index contributed by atoms with van der Waals surface area (Å²) in [7, 11) is 0. The molecule has 1 aromatic heterocycles. The van der Waals surface area contributed by atoms with Gasteiger partial charge in [0, 0.05) is 11.8 Å². The van der Waals surface area contributed by atoms with Crippen molar-refractivity contribution in [1.82, 2.24) is 4.98 Å². The number of rotatable bonds is 5. The molecular formula is C17H16N2O4S. The molecule has 0 aliphatic carbocycles. The monoisotopic (exact) mass is 344 g/mol. The Bertz CT molecular complexity index is 775. The minimum absolute atomic E-state index is 0.0291. The Morgan fingerprint density at radius 2 is 1.75 bits per heavy atom. The maximum Gasteiger partial charge on any atom is 0.337 e. The van der Waals surface area contributed by atoms with Gasteiger partial charge in [0.2, 0.25) is 11.0 Å². The van der Waals surface area contributed by atoms with E-state index in [2.05, 4.69) is 10.3 Å². The number of amides is 1. The standard InChI is InChI=1S/C17H16N2O4S/c1-17(2,24-15(22)11-6-4-3-5-7-11)16(23)19-13-8-12(14(20)21)9-18-10-13/h3-10H,1-2H3,(H,19,23)(H,20,21). The van der Waals surface area contributed by atoms with E-state index in [0.29, 0.717) is 5.56 Å². The fourth-order valence-corrected chi connectivity index (χ4v) is 2.68. The number of pyridine rings is 1. The number of carbonyl (C=O) groups is 3. The third-order valence-electron chi connectivity index (χ3n) is 3.15. The van der Waals surface area contributed by atoms with Gasteiger partial charge < -0.3 is 10.4 Å². The van der Waals surface area contributed by atoms with Crippen LogP contribution in [0.3, 0.4) is 0 Å². The van der Waals surface area contributed by atoms with Gasteiger partial charge in [0.05, 0.1) is 22.2 Å². The first-order valence-corrected chi connectivity index (χ1v) is 7.89. The first-order chi connectivity index (χ1) is 11.3. The molecule has 0 saturated heterocycles. The molecule has 7 heteroatoms. The quantitative estimate of drug-likeness (QED) is 0.865. The van der Waals surface area contributed by atoms with Crippen molar-refractivity contribution in [2.45, 2.75) is 18.6 Å². The zero-order valence-corrected chi connectivity index (χ0v) is 14.0. The summed E-state index contributed by atoms with van der Waals surface area (Å²) in [5.74, 6) is -1.55. The summed E-state index contributed by atoms with van der Waals surface area (Å²) in [5, 5.41) is 11.3. The normalized spacial score (nSPS) is 10.9.